The summed E-state index contributed by atoms with van der Waals surface area (Å²) in [6.07, 6.45) is 2.53. The number of aliphatic imine (C=N–C) groups is 1. The highest BCUT2D eigenvalue weighted by molar-refractivity contribution is 8.77. The minimum atomic E-state index is -2.67. The van der Waals surface area contributed by atoms with Crippen molar-refractivity contribution < 1.29 is 122 Å². The number of para-hydroxylation sites is 1. The summed E-state index contributed by atoms with van der Waals surface area (Å²) in [6, 6.07) is 7.17. The number of aliphatic carboxylic acids is 5. The van der Waals surface area contributed by atoms with Crippen molar-refractivity contribution in [1.29, 1.82) is 0 Å². The molecule has 2 bridgehead atoms. The van der Waals surface area contributed by atoms with Gasteiger partial charge in [-0.2, -0.15) is 4.98 Å². The lowest BCUT2D eigenvalue weighted by Crippen LogP contribution is -2.82. The minimum absolute atomic E-state index is 0.00820. The number of esters is 1. The lowest BCUT2D eigenvalue weighted by molar-refractivity contribution is -0.204. The third-order valence-electron chi connectivity index (χ3n) is 26.8. The van der Waals surface area contributed by atoms with Crippen LogP contribution in [0.3, 0.4) is 0 Å². The number of anilines is 4. The van der Waals surface area contributed by atoms with Crippen molar-refractivity contribution in [3.05, 3.63) is 117 Å². The number of likely N-dealkylation sites (N-methyl/N-ethyl adjacent to an activating group) is 1. The summed E-state index contributed by atoms with van der Waals surface area (Å²) in [7, 11) is 6.64. The number of nitrogens with zero attached hydrogens (tertiary/aromatic N) is 7. The summed E-state index contributed by atoms with van der Waals surface area (Å²) in [6.45, 7) is 12.5. The zero-order chi connectivity index (χ0) is 102. The van der Waals surface area contributed by atoms with E-state index in [9.17, 15) is 103 Å². The van der Waals surface area contributed by atoms with Crippen molar-refractivity contribution in [3.63, 3.8) is 0 Å². The molecule has 49 heteroatoms. The molecule has 25 N–H and O–H groups in total. The third-order valence-corrected chi connectivity index (χ3v) is 30.1. The summed E-state index contributed by atoms with van der Waals surface area (Å²) in [5.74, 6) is -14.5. The average Bonchev–Trinajstić information content (AvgIpc) is 1.48. The number of benzene rings is 3. The highest BCUT2D eigenvalue weighted by atomic mass is 33.1. The Kier molecular flexibility index (Phi) is 34.2. The molecule has 3 aromatic carbocycles. The topological polar surface area (TPSA) is 720 Å². The average molecular weight is 1980 g/mol. The number of amides is 8. The van der Waals surface area contributed by atoms with Gasteiger partial charge in [-0.3, -0.25) is 77.8 Å². The fourth-order valence-corrected chi connectivity index (χ4v) is 23.2. The van der Waals surface area contributed by atoms with Crippen LogP contribution in [0.4, 0.5) is 27.8 Å². The Bertz CT molecular complexity index is 5600. The maximum Gasteiger partial charge on any atom is 0.426 e. The Balaban J connectivity index is 0.000000319. The van der Waals surface area contributed by atoms with E-state index >= 15 is 9.59 Å². The smallest absolute Gasteiger partial charge is 0.426 e. The second-order valence-electron chi connectivity index (χ2n) is 36.4. The van der Waals surface area contributed by atoms with Crippen LogP contribution in [0.1, 0.15) is 164 Å². The van der Waals surface area contributed by atoms with Gasteiger partial charge in [-0.25, -0.2) is 29.8 Å². The molecule has 4 fully saturated rings. The van der Waals surface area contributed by atoms with Gasteiger partial charge in [0.2, 0.25) is 35.5 Å². The van der Waals surface area contributed by atoms with E-state index in [0.717, 1.165) is 45.3 Å². The molecule has 754 valence electrons. The van der Waals surface area contributed by atoms with E-state index in [1.54, 1.807) is 31.0 Å². The number of aromatic amines is 1. The van der Waals surface area contributed by atoms with Crippen molar-refractivity contribution in [3.8, 4) is 5.75 Å². The van der Waals surface area contributed by atoms with Crippen molar-refractivity contribution in [2.24, 2.45) is 27.8 Å². The van der Waals surface area contributed by atoms with Gasteiger partial charge in [0.05, 0.1) is 74.3 Å². The monoisotopic (exact) mass is 1980 g/mol. The molecule has 8 amide bonds. The van der Waals surface area contributed by atoms with E-state index < -0.39 is 201 Å². The number of aliphatic hydroxyl groups is 3. The summed E-state index contributed by atoms with van der Waals surface area (Å²) < 4.78 is 16.4. The van der Waals surface area contributed by atoms with Gasteiger partial charge in [0, 0.05) is 115 Å². The number of hydrogen-bond acceptors (Lipinski definition) is 33. The molecule has 47 nitrogen and oxygen atoms in total. The highest BCUT2D eigenvalue weighted by Gasteiger charge is 2.79. The number of carboxylic acid groups (broad SMARTS) is 5. The quantitative estimate of drug-likeness (QED) is 0.00465. The fraction of sp³-hybridized carbons (Fsp3) is 0.544. The number of rotatable bonds is 40. The largest absolute Gasteiger partial charge is 0.496 e. The first-order valence-electron chi connectivity index (χ1n) is 45.2. The number of nitrogens with two attached hydrogens (primary N) is 3. The molecule has 5 aromatic rings. The van der Waals surface area contributed by atoms with E-state index in [1.807, 2.05) is 56.3 Å². The van der Waals surface area contributed by atoms with E-state index in [1.165, 1.54) is 46.4 Å². The Morgan fingerprint density at radius 2 is 1.44 bits per heavy atom. The van der Waals surface area contributed by atoms with Gasteiger partial charge >= 0.3 is 41.9 Å². The Hall–Kier alpha value is -13.2. The highest BCUT2D eigenvalue weighted by Crippen LogP contribution is 2.68. The summed E-state index contributed by atoms with van der Waals surface area (Å²) in [5.41, 5.74) is 17.7. The van der Waals surface area contributed by atoms with Crippen LogP contribution in [0.15, 0.2) is 88.8 Å². The van der Waals surface area contributed by atoms with E-state index in [0.29, 0.717) is 106 Å². The van der Waals surface area contributed by atoms with Crippen LogP contribution in [-0.2, 0) is 84.4 Å². The summed E-state index contributed by atoms with van der Waals surface area (Å²) in [5, 5.41) is 107. The molecule has 12 rings (SSSR count). The number of guanidine groups is 1. The van der Waals surface area contributed by atoms with Crippen LogP contribution in [0.5, 0.6) is 5.75 Å². The van der Waals surface area contributed by atoms with Crippen LogP contribution < -0.4 is 85.8 Å². The number of H-pyrrole nitrogens is 1. The molecule has 1 saturated carbocycles. The van der Waals surface area contributed by atoms with Gasteiger partial charge in [-0.05, 0) is 145 Å². The number of carbonyl (C=O) groups excluding carboxylic acids is 9. The second-order valence-corrected chi connectivity index (χ2v) is 39.5. The Labute approximate surface area is 805 Å². The number of piperidine rings is 1. The van der Waals surface area contributed by atoms with Gasteiger partial charge < -0.3 is 125 Å². The van der Waals surface area contributed by atoms with Crippen molar-refractivity contribution in [2.45, 2.75) is 225 Å². The van der Waals surface area contributed by atoms with Gasteiger partial charge in [0.15, 0.2) is 22.7 Å². The molecule has 1 aliphatic carbocycles. The molecular formula is C90H121N21O26S2. The molecule has 0 radical (unpaired) electrons. The molecule has 18 atom stereocenters. The van der Waals surface area contributed by atoms with Gasteiger partial charge in [0.25, 0.3) is 17.4 Å². The van der Waals surface area contributed by atoms with Crippen LogP contribution in [-0.4, -0.2) is 309 Å². The normalized spacial score (nSPS) is 24.7. The van der Waals surface area contributed by atoms with Crippen molar-refractivity contribution in [2.75, 3.05) is 94.2 Å². The van der Waals surface area contributed by atoms with Crippen LogP contribution in [0.25, 0.3) is 11.2 Å². The molecule has 6 unspecified atom stereocenters. The molecule has 1 spiro atoms. The number of hydrazine groups is 1. The Morgan fingerprint density at radius 3 is 2.08 bits per heavy atom. The molecule has 6 aliphatic heterocycles. The molecule has 3 saturated heterocycles. The van der Waals surface area contributed by atoms with Crippen LogP contribution in [0, 0.1) is 11.3 Å². The number of hydrogen-bond donors (Lipinski definition) is 22. The molecule has 2 aromatic heterocycles. The van der Waals surface area contributed by atoms with Crippen LogP contribution >= 0.6 is 21.6 Å². The fourth-order valence-electron chi connectivity index (χ4n) is 20.7. The predicted octanol–water partition coefficient (Wildman–Crippen LogP) is -0.0429. The number of carbonyl (C=O) groups is 14. The molecular weight excluding hydrogens is 1860 g/mol. The second kappa shape index (κ2) is 44.7. The first kappa shape index (κ1) is 106. The lowest BCUT2D eigenvalue weighted by Gasteiger charge is -2.63. The number of aromatic nitrogens is 4. The standard InChI is InChI=1S/C61H83N9O18S2.C29H38N12O8/c1-9-57(84)28-33-29-60(54(82)87-8,45-35(16-20-69(30-33)31-57)34-14-11-12-15-38(34)63-45)37-24-36-41(27-42(37)86-7)68(6)51-59(36)18-21-70-19-13-17-58(10-2,50(59)70)52(80)61(51,85)53(81)66-67-55(83)88-22-23-89-90-56(4,5)46(49(78)79)65-48(77)40(26-44(74)75)64-47(76)39(25-43(72)73)62-32(3)71;1-14(3-2-10-33-28(30)31)36-25(46)19(11-21(43)44)38-20(42)9-8-18(27(48)49)39-24(45)15-4-6-16(7-5-15)34-12-17-13-35-23-22(37-17)26(47)41-29(32)40-23/h11-15,17,24,27,33,35,39-40,45-46,50-52,63,80,84-85H,9-10,16,18-23,25-26,28-31H2,1-8H3,(H,62,71)(H,64,76)(H,65,77)(H,66,81)(H,67,83)(H,72,73)(H,74,75)(H,78,79);4-7,13-14,18-19,34H,2-3,8-12H2,1H3,(H,36,46)(H,38,42)(H,39,45)(H,43,44)(H,48,49)(H4,30,31,33)(H3,32,35,40,41,47)/t33?,35?,39-,40-,45?,46+,50-,51+,52+,57?,58+,59?,60-,61-;14-,18+,19+/m01/s1. The number of ether oxygens (including phenoxy) is 3. The van der Waals surface area contributed by atoms with E-state index in [4.69, 9.17) is 31.4 Å². The predicted molar refractivity (Wildman–Crippen MR) is 505 cm³/mol. The van der Waals surface area contributed by atoms with Crippen LogP contribution in [0.2, 0.25) is 0 Å². The maximum absolute atomic E-state index is 15.6. The zero-order valence-corrected chi connectivity index (χ0v) is 79.7. The number of nitrogen functional groups attached to an aromatic ring is 1. The summed E-state index contributed by atoms with van der Waals surface area (Å²) in [4.78, 5) is 216. The third kappa shape index (κ3) is 23.5. The van der Waals surface area contributed by atoms with E-state index in [-0.39, 0.29) is 84.7 Å². The number of carboxylic acids is 5. The molecule has 139 heavy (non-hydrogen) atoms. The Morgan fingerprint density at radius 1 is 0.770 bits per heavy atom. The van der Waals surface area contributed by atoms with Crippen molar-refractivity contribution >= 4 is 145 Å². The molecule has 8 heterocycles. The first-order chi connectivity index (χ1) is 65.7. The van der Waals surface area contributed by atoms with Crippen molar-refractivity contribution in [1.82, 2.24) is 72.5 Å². The van der Waals surface area contributed by atoms with Gasteiger partial charge in [-0.1, -0.05) is 65.8 Å². The number of aliphatic hydroxyl groups excluding tert-OH is 1. The zero-order valence-electron chi connectivity index (χ0n) is 78.1. The SMILES string of the molecule is CCC1(O)CC2CN(CCC3c4ccccc4NC3[C@@](C(=O)OC)(c3cc4c(cc3OC)N(C)[C@@H]3C45CCN4CC=C[C@](CC)([C@H]45)[C@@H](O)[C@]3(O)C(=O)NNC(=O)OCCSSC(C)(C)[C@H](NC(=O)[C@H](CC(=O)O)NC(=O)[C@H](CC(=O)O)NC(C)=O)C(=O)O)C2)C1.C[C@H](CCCN=C(N)N)NC(=O)[C@H](CC(=O)O)NC(=O)CC[C@H](NC(=O)c1ccc(NCc2cnc3nc(N)[nH]c(=O)c3n2)cc1)C(=O)O. The summed E-state index contributed by atoms with van der Waals surface area (Å²) >= 11 is 0. The maximum atomic E-state index is 15.6. The number of methoxy groups -OCH3 is 2. The van der Waals surface area contributed by atoms with Gasteiger partial charge in [-0.15, -0.1) is 0 Å². The van der Waals surface area contributed by atoms with E-state index in [2.05, 4.69) is 94.2 Å². The molecule has 7 aliphatic rings. The lowest BCUT2D eigenvalue weighted by atomic mass is 9.47. The number of nitrogens with one attached hydrogen (secondary N) is 11. The minimum Gasteiger partial charge on any atom is -0.496 e. The first-order valence-corrected chi connectivity index (χ1v) is 47.6. The van der Waals surface area contributed by atoms with Gasteiger partial charge in [0.1, 0.15) is 54.1 Å². The number of fused-ring (bicyclic) bond motifs is 7.